The molecule has 1 amide bonds. The Labute approximate surface area is 184 Å². The van der Waals surface area contributed by atoms with E-state index < -0.39 is 13.4 Å². The lowest BCUT2D eigenvalue weighted by Crippen LogP contribution is -2.35. The van der Waals surface area contributed by atoms with Crippen LogP contribution in [0.1, 0.15) is 0 Å². The number of carbonyl (C=O) groups excluding carboxylic acids is 1. The number of carbonyl (C=O) groups is 1. The SMILES string of the molecule is O=C(Nc1ccccc1)OCC[P+](c1ccccc1)(c1ccccc1)c1ccccc1. The molecule has 3 nitrogen and oxygen atoms in total. The van der Waals surface area contributed by atoms with E-state index >= 15 is 0 Å². The van der Waals surface area contributed by atoms with Gasteiger partial charge in [0.05, 0.1) is 0 Å². The van der Waals surface area contributed by atoms with Crippen molar-refractivity contribution in [2.75, 3.05) is 18.1 Å². The summed E-state index contributed by atoms with van der Waals surface area (Å²) in [4.78, 5) is 12.4. The van der Waals surface area contributed by atoms with Crippen molar-refractivity contribution in [1.29, 1.82) is 0 Å². The molecule has 0 aliphatic rings. The molecule has 0 atom stereocenters. The molecule has 0 spiro atoms. The number of anilines is 1. The van der Waals surface area contributed by atoms with Crippen LogP contribution in [0.3, 0.4) is 0 Å². The first-order valence-electron chi connectivity index (χ1n) is 10.3. The van der Waals surface area contributed by atoms with Crippen LogP contribution in [0.4, 0.5) is 10.5 Å². The summed E-state index contributed by atoms with van der Waals surface area (Å²) in [5, 5.41) is 6.63. The Morgan fingerprint density at radius 1 is 0.613 bits per heavy atom. The van der Waals surface area contributed by atoms with Gasteiger partial charge >= 0.3 is 6.09 Å². The van der Waals surface area contributed by atoms with Gasteiger partial charge in [-0.15, -0.1) is 0 Å². The first-order chi connectivity index (χ1) is 15.3. The highest BCUT2D eigenvalue weighted by molar-refractivity contribution is 7.95. The molecule has 31 heavy (non-hydrogen) atoms. The Bertz CT molecular complexity index is 990. The smallest absolute Gasteiger partial charge is 0.411 e. The molecule has 4 rings (SSSR count). The van der Waals surface area contributed by atoms with Gasteiger partial charge in [0.25, 0.3) is 0 Å². The van der Waals surface area contributed by atoms with Crippen molar-refractivity contribution in [2.45, 2.75) is 0 Å². The normalized spacial score (nSPS) is 11.0. The van der Waals surface area contributed by atoms with Crippen LogP contribution >= 0.6 is 7.26 Å². The van der Waals surface area contributed by atoms with Crippen LogP contribution in [-0.4, -0.2) is 18.9 Å². The second kappa shape index (κ2) is 10.1. The van der Waals surface area contributed by atoms with Gasteiger partial charge < -0.3 is 4.74 Å². The van der Waals surface area contributed by atoms with Crippen molar-refractivity contribution in [2.24, 2.45) is 0 Å². The molecule has 0 aliphatic carbocycles. The fraction of sp³-hybridized carbons (Fsp3) is 0.0741. The fourth-order valence-electron chi connectivity index (χ4n) is 3.83. The van der Waals surface area contributed by atoms with E-state index in [4.69, 9.17) is 4.74 Å². The van der Waals surface area contributed by atoms with E-state index in [1.807, 2.05) is 48.5 Å². The van der Waals surface area contributed by atoms with Crippen LogP contribution in [0, 0.1) is 0 Å². The first-order valence-corrected chi connectivity index (χ1v) is 12.3. The summed E-state index contributed by atoms with van der Waals surface area (Å²) in [6.45, 7) is 0.325. The molecule has 0 saturated heterocycles. The zero-order valence-electron chi connectivity index (χ0n) is 17.2. The van der Waals surface area contributed by atoms with Gasteiger partial charge in [0.15, 0.2) is 0 Å². The van der Waals surface area contributed by atoms with Crippen molar-refractivity contribution in [3.8, 4) is 0 Å². The van der Waals surface area contributed by atoms with Crippen molar-refractivity contribution in [3.05, 3.63) is 121 Å². The summed E-state index contributed by atoms with van der Waals surface area (Å²) < 4.78 is 5.64. The maximum atomic E-state index is 12.4. The fourth-order valence-corrected chi connectivity index (χ4v) is 7.91. The van der Waals surface area contributed by atoms with E-state index in [1.165, 1.54) is 15.9 Å². The van der Waals surface area contributed by atoms with Gasteiger partial charge in [0.2, 0.25) is 0 Å². The van der Waals surface area contributed by atoms with Crippen molar-refractivity contribution < 1.29 is 9.53 Å². The number of para-hydroxylation sites is 1. The average Bonchev–Trinajstić information content (AvgIpc) is 2.84. The van der Waals surface area contributed by atoms with Crippen LogP contribution in [0.15, 0.2) is 121 Å². The van der Waals surface area contributed by atoms with Crippen LogP contribution < -0.4 is 21.2 Å². The lowest BCUT2D eigenvalue weighted by Gasteiger charge is -2.27. The lowest BCUT2D eigenvalue weighted by atomic mass is 10.3. The third-order valence-electron chi connectivity index (χ3n) is 5.27. The number of hydrogen-bond acceptors (Lipinski definition) is 2. The van der Waals surface area contributed by atoms with Gasteiger partial charge in [-0.05, 0) is 48.5 Å². The molecule has 0 heterocycles. The molecule has 0 radical (unpaired) electrons. The molecule has 0 aromatic heterocycles. The maximum absolute atomic E-state index is 12.4. The number of amides is 1. The van der Waals surface area contributed by atoms with E-state index in [1.54, 1.807) is 0 Å². The Balaban J connectivity index is 1.65. The van der Waals surface area contributed by atoms with Crippen molar-refractivity contribution in [1.82, 2.24) is 0 Å². The molecule has 4 aromatic carbocycles. The van der Waals surface area contributed by atoms with Crippen LogP contribution in [0.5, 0.6) is 0 Å². The highest BCUT2D eigenvalue weighted by Gasteiger charge is 2.45. The van der Waals surface area contributed by atoms with E-state index in [0.29, 0.717) is 6.61 Å². The molecule has 0 saturated carbocycles. The minimum absolute atomic E-state index is 0.325. The largest absolute Gasteiger partial charge is 0.445 e. The molecule has 0 bridgehead atoms. The van der Waals surface area contributed by atoms with Crippen molar-refractivity contribution in [3.63, 3.8) is 0 Å². The standard InChI is InChI=1S/C27H24NO2P/c29-27(28-23-13-5-1-6-14-23)30-21-22-31(24-15-7-2-8-16-24,25-17-9-3-10-18-25)26-19-11-4-12-20-26/h1-20H,21-22H2/p+1. The third kappa shape index (κ3) is 4.84. The quantitative estimate of drug-likeness (QED) is 0.411. The molecule has 0 aliphatic heterocycles. The first kappa shape index (κ1) is 20.8. The van der Waals surface area contributed by atoms with E-state index in [2.05, 4.69) is 78.1 Å². The minimum Gasteiger partial charge on any atom is -0.445 e. The highest BCUT2D eigenvalue weighted by atomic mass is 31.2. The van der Waals surface area contributed by atoms with Crippen molar-refractivity contribution >= 4 is 35.0 Å². The molecular formula is C27H25NO2P+. The number of hydrogen-bond donors (Lipinski definition) is 1. The summed E-state index contributed by atoms with van der Waals surface area (Å²) in [5.41, 5.74) is 0.725. The van der Waals surface area contributed by atoms with Gasteiger partial charge in [-0.2, -0.15) is 0 Å². The number of ether oxygens (including phenoxy) is 1. The Morgan fingerprint density at radius 2 is 1.00 bits per heavy atom. The molecular weight excluding hydrogens is 401 g/mol. The molecule has 154 valence electrons. The molecule has 1 N–H and O–H groups in total. The second-order valence-electron chi connectivity index (χ2n) is 7.17. The van der Waals surface area contributed by atoms with E-state index in [0.717, 1.165) is 11.8 Å². The monoisotopic (exact) mass is 426 g/mol. The van der Waals surface area contributed by atoms with Crippen LogP contribution in [-0.2, 0) is 4.74 Å². The second-order valence-corrected chi connectivity index (χ2v) is 10.8. The lowest BCUT2D eigenvalue weighted by molar-refractivity contribution is 0.168. The summed E-state index contributed by atoms with van der Waals surface area (Å²) in [7, 11) is -2.00. The Morgan fingerprint density at radius 3 is 1.42 bits per heavy atom. The maximum Gasteiger partial charge on any atom is 0.411 e. The predicted molar refractivity (Wildman–Crippen MR) is 131 cm³/mol. The van der Waals surface area contributed by atoms with Gasteiger partial charge in [-0.3, -0.25) is 5.32 Å². The zero-order chi connectivity index (χ0) is 21.4. The number of nitrogens with one attached hydrogen (secondary N) is 1. The van der Waals surface area contributed by atoms with E-state index in [-0.39, 0.29) is 0 Å². The minimum atomic E-state index is -2.00. The summed E-state index contributed by atoms with van der Waals surface area (Å²) in [5.74, 6) is 0. The number of rotatable bonds is 7. The molecule has 0 fully saturated rings. The molecule has 4 aromatic rings. The van der Waals surface area contributed by atoms with Gasteiger partial charge in [-0.25, -0.2) is 4.79 Å². The van der Waals surface area contributed by atoms with Gasteiger partial charge in [0, 0.05) is 5.69 Å². The van der Waals surface area contributed by atoms with Crippen LogP contribution in [0.2, 0.25) is 0 Å². The number of benzene rings is 4. The average molecular weight is 426 g/mol. The summed E-state index contributed by atoms with van der Waals surface area (Å²) >= 11 is 0. The highest BCUT2D eigenvalue weighted by Crippen LogP contribution is 2.54. The predicted octanol–water partition coefficient (Wildman–Crippen LogP) is 5.23. The van der Waals surface area contributed by atoms with Crippen LogP contribution in [0.25, 0.3) is 0 Å². The molecule has 4 heteroatoms. The van der Waals surface area contributed by atoms with Gasteiger partial charge in [-0.1, -0.05) is 72.8 Å². The molecule has 0 unspecified atom stereocenters. The van der Waals surface area contributed by atoms with E-state index in [9.17, 15) is 4.79 Å². The Hall–Kier alpha value is -3.42. The summed E-state index contributed by atoms with van der Waals surface area (Å²) in [6.07, 6.45) is 0.297. The zero-order valence-corrected chi connectivity index (χ0v) is 18.1. The Kier molecular flexibility index (Phi) is 6.76. The third-order valence-corrected chi connectivity index (χ3v) is 9.66. The topological polar surface area (TPSA) is 38.3 Å². The summed E-state index contributed by atoms with van der Waals surface area (Å²) in [6, 6.07) is 41.1. The van der Waals surface area contributed by atoms with Gasteiger partial charge in [0.1, 0.15) is 35.9 Å².